The topological polar surface area (TPSA) is 35.6 Å². The summed E-state index contributed by atoms with van der Waals surface area (Å²) in [6.07, 6.45) is 2.47. The summed E-state index contributed by atoms with van der Waals surface area (Å²) in [4.78, 5) is 17.5. The second-order valence-corrected chi connectivity index (χ2v) is 7.64. The van der Waals surface area contributed by atoms with Crippen molar-refractivity contribution in [1.82, 2.24) is 15.1 Å². The minimum Gasteiger partial charge on any atom is -0.353 e. The van der Waals surface area contributed by atoms with Gasteiger partial charge in [0.15, 0.2) is 0 Å². The lowest BCUT2D eigenvalue weighted by Crippen LogP contribution is -2.42. The average Bonchev–Trinajstić information content (AvgIpc) is 3.18. The number of carbonyl (C=O) groups is 1. The van der Waals surface area contributed by atoms with E-state index in [-0.39, 0.29) is 18.0 Å². The van der Waals surface area contributed by atoms with Crippen LogP contribution in [0.15, 0.2) is 54.6 Å². The van der Waals surface area contributed by atoms with Crippen molar-refractivity contribution in [2.45, 2.75) is 31.8 Å². The first-order valence-electron chi connectivity index (χ1n) is 9.86. The first kappa shape index (κ1) is 19.6. The molecule has 1 fully saturated rings. The van der Waals surface area contributed by atoms with Gasteiger partial charge in [0.05, 0.1) is 6.04 Å². The van der Waals surface area contributed by atoms with E-state index in [9.17, 15) is 4.79 Å². The minimum atomic E-state index is -0.276. The molecule has 27 heavy (non-hydrogen) atoms. The van der Waals surface area contributed by atoms with Gasteiger partial charge in [0, 0.05) is 6.54 Å². The van der Waals surface area contributed by atoms with Crippen molar-refractivity contribution in [3.63, 3.8) is 0 Å². The molecule has 1 aliphatic heterocycles. The normalized spacial score (nSPS) is 17.0. The van der Waals surface area contributed by atoms with Crippen LogP contribution in [0.1, 0.15) is 41.6 Å². The number of likely N-dealkylation sites (tertiary alicyclic amines) is 1. The fourth-order valence-electron chi connectivity index (χ4n) is 4.06. The van der Waals surface area contributed by atoms with E-state index in [4.69, 9.17) is 0 Å². The van der Waals surface area contributed by atoms with E-state index in [1.54, 1.807) is 0 Å². The van der Waals surface area contributed by atoms with Crippen LogP contribution in [0.5, 0.6) is 0 Å². The lowest BCUT2D eigenvalue weighted by molar-refractivity contribution is -0.126. The Labute approximate surface area is 163 Å². The van der Waals surface area contributed by atoms with Gasteiger partial charge in [0.25, 0.3) is 0 Å². The lowest BCUT2D eigenvalue weighted by atomic mass is 9.99. The standard InChI is InChI=1S/C23H31N3O/c1-18-11-7-8-14-20(18)21(26-15-9-10-16-26)17-24-23(27)22(25(2)3)19-12-5-4-6-13-19/h4-8,11-14,21-22H,9-10,15-17H2,1-3H3,(H,24,27). The van der Waals surface area contributed by atoms with E-state index >= 15 is 0 Å². The third-order valence-electron chi connectivity index (χ3n) is 5.48. The number of hydrogen-bond acceptors (Lipinski definition) is 3. The molecule has 2 unspecified atom stereocenters. The Kier molecular flexibility index (Phi) is 6.64. The van der Waals surface area contributed by atoms with Gasteiger partial charge in [-0.1, -0.05) is 54.6 Å². The Morgan fingerprint density at radius 2 is 1.67 bits per heavy atom. The first-order chi connectivity index (χ1) is 13.1. The van der Waals surface area contributed by atoms with Crippen molar-refractivity contribution in [2.75, 3.05) is 33.7 Å². The maximum Gasteiger partial charge on any atom is 0.242 e. The van der Waals surface area contributed by atoms with E-state index in [0.717, 1.165) is 18.7 Å². The van der Waals surface area contributed by atoms with Gasteiger partial charge < -0.3 is 5.32 Å². The molecule has 1 aliphatic rings. The van der Waals surface area contributed by atoms with Crippen molar-refractivity contribution < 1.29 is 4.79 Å². The van der Waals surface area contributed by atoms with Crippen LogP contribution in [-0.2, 0) is 4.79 Å². The summed E-state index contributed by atoms with van der Waals surface area (Å²) in [5.41, 5.74) is 3.63. The van der Waals surface area contributed by atoms with Crippen LogP contribution in [0.25, 0.3) is 0 Å². The molecule has 0 aromatic heterocycles. The molecule has 2 aromatic rings. The van der Waals surface area contributed by atoms with Gasteiger partial charge in [0.1, 0.15) is 6.04 Å². The Morgan fingerprint density at radius 3 is 2.30 bits per heavy atom. The number of hydrogen-bond donors (Lipinski definition) is 1. The number of likely N-dealkylation sites (N-methyl/N-ethyl adjacent to an activating group) is 1. The molecule has 0 bridgehead atoms. The largest absolute Gasteiger partial charge is 0.353 e. The molecule has 1 saturated heterocycles. The van der Waals surface area contributed by atoms with Crippen LogP contribution in [0, 0.1) is 6.92 Å². The summed E-state index contributed by atoms with van der Waals surface area (Å²) < 4.78 is 0. The molecule has 1 heterocycles. The highest BCUT2D eigenvalue weighted by atomic mass is 16.2. The van der Waals surface area contributed by atoms with Gasteiger partial charge in [-0.25, -0.2) is 0 Å². The Morgan fingerprint density at radius 1 is 1.04 bits per heavy atom. The van der Waals surface area contributed by atoms with Gasteiger partial charge in [0.2, 0.25) is 5.91 Å². The molecule has 0 saturated carbocycles. The van der Waals surface area contributed by atoms with E-state index in [0.29, 0.717) is 6.54 Å². The highest BCUT2D eigenvalue weighted by Crippen LogP contribution is 2.27. The number of benzene rings is 2. The molecule has 1 N–H and O–H groups in total. The predicted molar refractivity (Wildman–Crippen MR) is 111 cm³/mol. The van der Waals surface area contributed by atoms with Gasteiger partial charge >= 0.3 is 0 Å². The average molecular weight is 366 g/mol. The van der Waals surface area contributed by atoms with Gasteiger partial charge in [-0.05, 0) is 63.6 Å². The SMILES string of the molecule is Cc1ccccc1C(CNC(=O)C(c1ccccc1)N(C)C)N1CCCC1. The zero-order chi connectivity index (χ0) is 19.2. The zero-order valence-corrected chi connectivity index (χ0v) is 16.7. The van der Waals surface area contributed by atoms with Crippen LogP contribution in [0.3, 0.4) is 0 Å². The van der Waals surface area contributed by atoms with E-state index in [1.807, 2.05) is 49.3 Å². The summed E-state index contributed by atoms with van der Waals surface area (Å²) in [6.45, 7) is 5.00. The monoisotopic (exact) mass is 365 g/mol. The second kappa shape index (κ2) is 9.16. The number of nitrogens with one attached hydrogen (secondary N) is 1. The molecule has 0 aliphatic carbocycles. The predicted octanol–water partition coefficient (Wildman–Crippen LogP) is 3.55. The fourth-order valence-corrected chi connectivity index (χ4v) is 4.06. The molecule has 1 amide bonds. The quantitative estimate of drug-likeness (QED) is 0.815. The number of aryl methyl sites for hydroxylation is 1. The minimum absolute atomic E-state index is 0.0592. The molecular weight excluding hydrogens is 334 g/mol. The Bertz CT molecular complexity index is 738. The fraction of sp³-hybridized carbons (Fsp3) is 0.435. The Balaban J connectivity index is 1.76. The first-order valence-corrected chi connectivity index (χ1v) is 9.86. The lowest BCUT2D eigenvalue weighted by Gasteiger charge is -2.31. The zero-order valence-electron chi connectivity index (χ0n) is 16.7. The van der Waals surface area contributed by atoms with E-state index in [1.165, 1.54) is 24.0 Å². The van der Waals surface area contributed by atoms with E-state index in [2.05, 4.69) is 41.4 Å². The van der Waals surface area contributed by atoms with Crippen LogP contribution >= 0.6 is 0 Å². The van der Waals surface area contributed by atoms with Gasteiger partial charge in [-0.15, -0.1) is 0 Å². The molecule has 144 valence electrons. The maximum absolute atomic E-state index is 13.0. The van der Waals surface area contributed by atoms with Gasteiger partial charge in [-0.3, -0.25) is 14.6 Å². The third-order valence-corrected chi connectivity index (χ3v) is 5.48. The van der Waals surface area contributed by atoms with Crippen LogP contribution in [-0.4, -0.2) is 49.4 Å². The van der Waals surface area contributed by atoms with Crippen molar-refractivity contribution in [3.8, 4) is 0 Å². The third kappa shape index (κ3) is 4.76. The van der Waals surface area contributed by atoms with Crippen LogP contribution in [0.4, 0.5) is 0 Å². The summed E-state index contributed by atoms with van der Waals surface area (Å²) in [6, 6.07) is 18.5. The molecule has 4 nitrogen and oxygen atoms in total. The molecule has 2 aromatic carbocycles. The molecule has 2 atom stereocenters. The number of amides is 1. The summed E-state index contributed by atoms with van der Waals surface area (Å²) in [7, 11) is 3.91. The molecular formula is C23H31N3O. The summed E-state index contributed by atoms with van der Waals surface area (Å²) in [5.74, 6) is 0.0592. The summed E-state index contributed by atoms with van der Waals surface area (Å²) >= 11 is 0. The highest BCUT2D eigenvalue weighted by Gasteiger charge is 2.27. The number of carbonyl (C=O) groups excluding carboxylic acids is 1. The number of rotatable bonds is 7. The molecule has 0 spiro atoms. The molecule has 3 rings (SSSR count). The molecule has 4 heteroatoms. The number of nitrogens with zero attached hydrogens (tertiary/aromatic N) is 2. The van der Waals surface area contributed by atoms with Crippen LogP contribution < -0.4 is 5.32 Å². The smallest absolute Gasteiger partial charge is 0.242 e. The highest BCUT2D eigenvalue weighted by molar-refractivity contribution is 5.83. The van der Waals surface area contributed by atoms with Crippen molar-refractivity contribution in [1.29, 1.82) is 0 Å². The van der Waals surface area contributed by atoms with Crippen molar-refractivity contribution in [2.24, 2.45) is 0 Å². The van der Waals surface area contributed by atoms with E-state index < -0.39 is 0 Å². The summed E-state index contributed by atoms with van der Waals surface area (Å²) in [5, 5.41) is 3.24. The molecule has 0 radical (unpaired) electrons. The Hall–Kier alpha value is -2.17. The van der Waals surface area contributed by atoms with Gasteiger partial charge in [-0.2, -0.15) is 0 Å². The second-order valence-electron chi connectivity index (χ2n) is 7.64. The van der Waals surface area contributed by atoms with Crippen molar-refractivity contribution >= 4 is 5.91 Å². The maximum atomic E-state index is 13.0. The van der Waals surface area contributed by atoms with Crippen molar-refractivity contribution in [3.05, 3.63) is 71.3 Å². The van der Waals surface area contributed by atoms with Crippen LogP contribution in [0.2, 0.25) is 0 Å².